The molecule has 104 valence electrons. The molecule has 1 aliphatic heterocycles. The van der Waals surface area contributed by atoms with Crippen LogP contribution in [0.2, 0.25) is 0 Å². The Labute approximate surface area is 119 Å². The minimum Gasteiger partial charge on any atom is -0.462 e. The highest BCUT2D eigenvalue weighted by Gasteiger charge is 2.23. The van der Waals surface area contributed by atoms with E-state index in [0.717, 1.165) is 12.1 Å². The smallest absolute Gasteiger partial charge is 0.338 e. The summed E-state index contributed by atoms with van der Waals surface area (Å²) in [6.07, 6.45) is 2.05. The van der Waals surface area contributed by atoms with Crippen molar-refractivity contribution in [2.45, 2.75) is 38.0 Å². The lowest BCUT2D eigenvalue weighted by Crippen LogP contribution is -2.24. The van der Waals surface area contributed by atoms with E-state index in [1.807, 2.05) is 43.0 Å². The van der Waals surface area contributed by atoms with Gasteiger partial charge in [-0.05, 0) is 42.9 Å². The first-order valence-electron chi connectivity index (χ1n) is 6.86. The minimum absolute atomic E-state index is 0.238. The van der Waals surface area contributed by atoms with E-state index in [2.05, 4.69) is 12.2 Å². The van der Waals surface area contributed by atoms with Gasteiger partial charge in [-0.3, -0.25) is 0 Å². The molecule has 2 rings (SSSR count). The molecule has 0 saturated carbocycles. The Kier molecular flexibility index (Phi) is 5.14. The minimum atomic E-state index is -0.238. The number of carbonyl (C=O) groups excluding carboxylic acids is 1. The summed E-state index contributed by atoms with van der Waals surface area (Å²) in [7, 11) is 0. The number of nitrogens with one attached hydrogen (secondary N) is 1. The van der Waals surface area contributed by atoms with Gasteiger partial charge < -0.3 is 10.1 Å². The SMILES string of the molecule is CCCOC(=O)c1ccc(NC2CCSC2C)cc1. The predicted molar refractivity (Wildman–Crippen MR) is 81.0 cm³/mol. The van der Waals surface area contributed by atoms with Gasteiger partial charge in [0, 0.05) is 17.0 Å². The Balaban J connectivity index is 1.92. The number of hydrogen-bond donors (Lipinski definition) is 1. The summed E-state index contributed by atoms with van der Waals surface area (Å²) in [6, 6.07) is 8.10. The second-order valence-corrected chi connectivity index (χ2v) is 6.31. The zero-order chi connectivity index (χ0) is 13.7. The number of esters is 1. The summed E-state index contributed by atoms with van der Waals surface area (Å²) < 4.78 is 5.10. The molecule has 1 aliphatic rings. The number of hydrogen-bond acceptors (Lipinski definition) is 4. The monoisotopic (exact) mass is 279 g/mol. The van der Waals surface area contributed by atoms with E-state index in [-0.39, 0.29) is 5.97 Å². The Hall–Kier alpha value is -1.16. The maximum absolute atomic E-state index is 11.7. The molecule has 0 aliphatic carbocycles. The first kappa shape index (κ1) is 14.3. The fourth-order valence-corrected chi connectivity index (χ4v) is 3.31. The van der Waals surface area contributed by atoms with E-state index in [1.165, 1.54) is 12.2 Å². The van der Waals surface area contributed by atoms with Crippen molar-refractivity contribution in [2.75, 3.05) is 17.7 Å². The van der Waals surface area contributed by atoms with E-state index in [0.29, 0.717) is 23.5 Å². The van der Waals surface area contributed by atoms with E-state index >= 15 is 0 Å². The average molecular weight is 279 g/mol. The Morgan fingerprint density at radius 2 is 2.16 bits per heavy atom. The van der Waals surface area contributed by atoms with Crippen molar-refractivity contribution in [3.05, 3.63) is 29.8 Å². The third-order valence-corrected chi connectivity index (χ3v) is 4.61. The Morgan fingerprint density at radius 3 is 2.74 bits per heavy atom. The third-order valence-electron chi connectivity index (χ3n) is 3.29. The lowest BCUT2D eigenvalue weighted by Gasteiger charge is -2.18. The molecule has 1 heterocycles. The summed E-state index contributed by atoms with van der Waals surface area (Å²) in [5.41, 5.74) is 1.69. The quantitative estimate of drug-likeness (QED) is 0.836. The summed E-state index contributed by atoms with van der Waals surface area (Å²) in [5.74, 6) is 0.985. The van der Waals surface area contributed by atoms with Crippen LogP contribution in [0.25, 0.3) is 0 Å². The third kappa shape index (κ3) is 3.90. The number of carbonyl (C=O) groups is 1. The van der Waals surface area contributed by atoms with Gasteiger partial charge in [-0.15, -0.1) is 0 Å². The fourth-order valence-electron chi connectivity index (χ4n) is 2.12. The molecule has 1 N–H and O–H groups in total. The molecule has 2 unspecified atom stereocenters. The first-order chi connectivity index (χ1) is 9.20. The van der Waals surface area contributed by atoms with Crippen molar-refractivity contribution < 1.29 is 9.53 Å². The molecule has 0 spiro atoms. The zero-order valence-electron chi connectivity index (χ0n) is 11.5. The molecule has 2 atom stereocenters. The highest BCUT2D eigenvalue weighted by molar-refractivity contribution is 8.00. The summed E-state index contributed by atoms with van der Waals surface area (Å²) in [5, 5.41) is 4.17. The number of anilines is 1. The fraction of sp³-hybridized carbons (Fsp3) is 0.533. The van der Waals surface area contributed by atoms with Crippen LogP contribution in [0.1, 0.15) is 37.0 Å². The number of benzene rings is 1. The highest BCUT2D eigenvalue weighted by atomic mass is 32.2. The molecule has 1 fully saturated rings. The second kappa shape index (κ2) is 6.85. The van der Waals surface area contributed by atoms with Gasteiger partial charge in [-0.2, -0.15) is 11.8 Å². The molecular weight excluding hydrogens is 258 g/mol. The highest BCUT2D eigenvalue weighted by Crippen LogP contribution is 2.28. The summed E-state index contributed by atoms with van der Waals surface area (Å²) in [4.78, 5) is 11.7. The van der Waals surface area contributed by atoms with Crippen molar-refractivity contribution in [3.63, 3.8) is 0 Å². The van der Waals surface area contributed by atoms with Crippen LogP contribution >= 0.6 is 11.8 Å². The molecule has 1 aromatic carbocycles. The molecule has 3 nitrogen and oxygen atoms in total. The van der Waals surface area contributed by atoms with E-state index in [4.69, 9.17) is 4.74 Å². The number of rotatable bonds is 5. The maximum Gasteiger partial charge on any atom is 0.338 e. The van der Waals surface area contributed by atoms with Gasteiger partial charge in [0.15, 0.2) is 0 Å². The topological polar surface area (TPSA) is 38.3 Å². The molecule has 0 aromatic heterocycles. The van der Waals surface area contributed by atoms with Gasteiger partial charge in [0.2, 0.25) is 0 Å². The van der Waals surface area contributed by atoms with Crippen LogP contribution in [0, 0.1) is 0 Å². The Morgan fingerprint density at radius 1 is 1.42 bits per heavy atom. The molecular formula is C15H21NO2S. The molecule has 1 saturated heterocycles. The largest absolute Gasteiger partial charge is 0.462 e. The number of ether oxygens (including phenoxy) is 1. The van der Waals surface area contributed by atoms with Crippen LogP contribution in [-0.4, -0.2) is 29.6 Å². The van der Waals surface area contributed by atoms with E-state index in [1.54, 1.807) is 0 Å². The van der Waals surface area contributed by atoms with Crippen LogP contribution in [0.15, 0.2) is 24.3 Å². The normalized spacial score (nSPS) is 22.2. The molecule has 19 heavy (non-hydrogen) atoms. The second-order valence-electron chi connectivity index (χ2n) is 4.83. The van der Waals surface area contributed by atoms with Gasteiger partial charge >= 0.3 is 5.97 Å². The van der Waals surface area contributed by atoms with Crippen molar-refractivity contribution in [3.8, 4) is 0 Å². The standard InChI is InChI=1S/C15H21NO2S/c1-3-9-18-15(17)12-4-6-13(7-5-12)16-14-8-10-19-11(14)2/h4-7,11,14,16H,3,8-10H2,1-2H3. The molecule has 0 bridgehead atoms. The molecule has 1 aromatic rings. The predicted octanol–water partition coefficient (Wildman–Crippen LogP) is 3.56. The van der Waals surface area contributed by atoms with Gasteiger partial charge in [0.25, 0.3) is 0 Å². The molecule has 4 heteroatoms. The van der Waals surface area contributed by atoms with E-state index in [9.17, 15) is 4.79 Å². The van der Waals surface area contributed by atoms with Crippen molar-refractivity contribution in [1.82, 2.24) is 0 Å². The van der Waals surface area contributed by atoms with Crippen molar-refractivity contribution in [1.29, 1.82) is 0 Å². The molecule has 0 amide bonds. The van der Waals surface area contributed by atoms with E-state index < -0.39 is 0 Å². The van der Waals surface area contributed by atoms with Gasteiger partial charge in [-0.1, -0.05) is 13.8 Å². The zero-order valence-corrected chi connectivity index (χ0v) is 12.3. The van der Waals surface area contributed by atoms with Gasteiger partial charge in [0.1, 0.15) is 0 Å². The van der Waals surface area contributed by atoms with Crippen LogP contribution < -0.4 is 5.32 Å². The van der Waals surface area contributed by atoms with Crippen LogP contribution in [0.4, 0.5) is 5.69 Å². The summed E-state index contributed by atoms with van der Waals surface area (Å²) in [6.45, 7) is 4.72. The van der Waals surface area contributed by atoms with Crippen LogP contribution in [0.5, 0.6) is 0 Å². The Bertz CT molecular complexity index is 419. The first-order valence-corrected chi connectivity index (χ1v) is 7.91. The van der Waals surface area contributed by atoms with Crippen LogP contribution in [-0.2, 0) is 4.74 Å². The summed E-state index contributed by atoms with van der Waals surface area (Å²) >= 11 is 2.01. The van der Waals surface area contributed by atoms with Crippen molar-refractivity contribution >= 4 is 23.4 Å². The lowest BCUT2D eigenvalue weighted by molar-refractivity contribution is 0.0505. The maximum atomic E-state index is 11.7. The molecule has 0 radical (unpaired) electrons. The van der Waals surface area contributed by atoms with Gasteiger partial charge in [0.05, 0.1) is 12.2 Å². The average Bonchev–Trinajstić information content (AvgIpc) is 2.82. The number of thioether (sulfide) groups is 1. The van der Waals surface area contributed by atoms with Crippen LogP contribution in [0.3, 0.4) is 0 Å². The lowest BCUT2D eigenvalue weighted by atomic mass is 10.1. The van der Waals surface area contributed by atoms with Crippen molar-refractivity contribution in [2.24, 2.45) is 0 Å². The van der Waals surface area contributed by atoms with Gasteiger partial charge in [-0.25, -0.2) is 4.79 Å².